The lowest BCUT2D eigenvalue weighted by atomic mass is 10.1. The van der Waals surface area contributed by atoms with Gasteiger partial charge in [-0.25, -0.2) is 0 Å². The molecule has 0 spiro atoms. The Morgan fingerprint density at radius 2 is 1.89 bits per heavy atom. The van der Waals surface area contributed by atoms with Crippen molar-refractivity contribution in [2.45, 2.75) is 51.5 Å². The number of hydrogen-bond acceptors (Lipinski definition) is 1. The quantitative estimate of drug-likeness (QED) is 0.778. The van der Waals surface area contributed by atoms with Gasteiger partial charge in [-0.15, -0.1) is 0 Å². The number of aryl methyl sites for hydroxylation is 1. The van der Waals surface area contributed by atoms with E-state index in [4.69, 9.17) is 0 Å². The third-order valence-corrected chi connectivity index (χ3v) is 3.90. The van der Waals surface area contributed by atoms with Crippen molar-refractivity contribution in [3.63, 3.8) is 0 Å². The summed E-state index contributed by atoms with van der Waals surface area (Å²) in [5, 5.41) is 0. The summed E-state index contributed by atoms with van der Waals surface area (Å²) < 4.78 is 0. The van der Waals surface area contributed by atoms with E-state index in [1.165, 1.54) is 31.2 Å². The molecule has 1 saturated carbocycles. The van der Waals surface area contributed by atoms with Crippen LogP contribution in [0.2, 0.25) is 0 Å². The van der Waals surface area contributed by atoms with Gasteiger partial charge in [-0.05, 0) is 31.7 Å². The topological polar surface area (TPSA) is 20.3 Å². The number of amides is 1. The third-order valence-electron chi connectivity index (χ3n) is 3.90. The van der Waals surface area contributed by atoms with E-state index in [2.05, 4.69) is 24.0 Å². The van der Waals surface area contributed by atoms with Crippen LogP contribution in [-0.2, 0) is 11.2 Å². The Hall–Kier alpha value is -1.31. The van der Waals surface area contributed by atoms with Crippen molar-refractivity contribution in [3.8, 4) is 0 Å². The molecule has 1 amide bonds. The molecule has 0 aromatic heterocycles. The van der Waals surface area contributed by atoms with Crippen LogP contribution in [0.4, 0.5) is 0 Å². The summed E-state index contributed by atoms with van der Waals surface area (Å²) in [5.41, 5.74) is 1.26. The van der Waals surface area contributed by atoms with Crippen LogP contribution in [0.1, 0.15) is 44.6 Å². The van der Waals surface area contributed by atoms with E-state index in [1.807, 2.05) is 18.2 Å². The average molecular weight is 245 g/mol. The Kier molecular flexibility index (Phi) is 4.80. The number of rotatable bonds is 5. The maximum Gasteiger partial charge on any atom is 0.223 e. The molecule has 2 nitrogen and oxygen atoms in total. The predicted molar refractivity (Wildman–Crippen MR) is 74.4 cm³/mol. The average Bonchev–Trinajstić information content (AvgIpc) is 2.92. The van der Waals surface area contributed by atoms with E-state index in [0.717, 1.165) is 13.0 Å². The third kappa shape index (κ3) is 3.34. The highest BCUT2D eigenvalue weighted by Gasteiger charge is 2.24. The molecule has 0 aliphatic heterocycles. The Morgan fingerprint density at radius 1 is 1.22 bits per heavy atom. The largest absolute Gasteiger partial charge is 0.340 e. The summed E-state index contributed by atoms with van der Waals surface area (Å²) in [6, 6.07) is 10.8. The molecule has 0 saturated heterocycles. The van der Waals surface area contributed by atoms with Crippen LogP contribution < -0.4 is 0 Å². The fourth-order valence-electron chi connectivity index (χ4n) is 2.89. The molecule has 0 heterocycles. The first kappa shape index (κ1) is 13.1. The van der Waals surface area contributed by atoms with Gasteiger partial charge in [0.25, 0.3) is 0 Å². The molecule has 2 heteroatoms. The van der Waals surface area contributed by atoms with Crippen molar-refractivity contribution in [1.82, 2.24) is 4.90 Å². The number of carbonyl (C=O) groups is 1. The van der Waals surface area contributed by atoms with Gasteiger partial charge in [0.1, 0.15) is 0 Å². The Balaban J connectivity index is 1.86. The highest BCUT2D eigenvalue weighted by molar-refractivity contribution is 5.76. The standard InChI is InChI=1S/C16H23NO/c1-2-17(15-10-6-7-11-15)16(18)13-12-14-8-4-3-5-9-14/h3-5,8-9,15H,2,6-7,10-13H2,1H3. The monoisotopic (exact) mass is 245 g/mol. The molecule has 0 radical (unpaired) electrons. The zero-order valence-electron chi connectivity index (χ0n) is 11.3. The SMILES string of the molecule is CCN(C(=O)CCc1ccccc1)C1CCCC1. The Morgan fingerprint density at radius 3 is 2.50 bits per heavy atom. The molecule has 18 heavy (non-hydrogen) atoms. The first-order chi connectivity index (χ1) is 8.81. The second-order valence-corrected chi connectivity index (χ2v) is 5.10. The Labute approximate surface area is 110 Å². The molecule has 0 atom stereocenters. The van der Waals surface area contributed by atoms with Crippen LogP contribution in [0.3, 0.4) is 0 Å². The maximum atomic E-state index is 12.3. The molecule has 1 aromatic rings. The van der Waals surface area contributed by atoms with Gasteiger partial charge in [0.2, 0.25) is 5.91 Å². The zero-order valence-corrected chi connectivity index (χ0v) is 11.3. The minimum absolute atomic E-state index is 0.327. The first-order valence-electron chi connectivity index (χ1n) is 7.14. The summed E-state index contributed by atoms with van der Waals surface area (Å²) in [6.07, 6.45) is 6.48. The van der Waals surface area contributed by atoms with E-state index in [-0.39, 0.29) is 0 Å². The number of hydrogen-bond donors (Lipinski definition) is 0. The van der Waals surface area contributed by atoms with Crippen LogP contribution in [0.25, 0.3) is 0 Å². The van der Waals surface area contributed by atoms with Crippen molar-refractivity contribution in [1.29, 1.82) is 0 Å². The van der Waals surface area contributed by atoms with E-state index in [9.17, 15) is 4.79 Å². The number of benzene rings is 1. The number of carbonyl (C=O) groups excluding carboxylic acids is 1. The smallest absolute Gasteiger partial charge is 0.223 e. The van der Waals surface area contributed by atoms with Crippen molar-refractivity contribution in [3.05, 3.63) is 35.9 Å². The fourth-order valence-corrected chi connectivity index (χ4v) is 2.89. The van der Waals surface area contributed by atoms with E-state index >= 15 is 0 Å². The number of nitrogens with zero attached hydrogens (tertiary/aromatic N) is 1. The van der Waals surface area contributed by atoms with Crippen molar-refractivity contribution < 1.29 is 4.79 Å². The lowest BCUT2D eigenvalue weighted by Gasteiger charge is -2.27. The molecule has 1 aliphatic carbocycles. The van der Waals surface area contributed by atoms with Crippen LogP contribution in [0.5, 0.6) is 0 Å². The molecule has 1 aromatic carbocycles. The normalized spacial score (nSPS) is 15.8. The summed E-state index contributed by atoms with van der Waals surface area (Å²) in [6.45, 7) is 2.96. The minimum Gasteiger partial charge on any atom is -0.340 e. The molecule has 0 bridgehead atoms. The van der Waals surface area contributed by atoms with Crippen LogP contribution in [-0.4, -0.2) is 23.4 Å². The van der Waals surface area contributed by atoms with Crippen molar-refractivity contribution >= 4 is 5.91 Å². The second kappa shape index (κ2) is 6.58. The zero-order chi connectivity index (χ0) is 12.8. The van der Waals surface area contributed by atoms with Gasteiger partial charge in [0.05, 0.1) is 0 Å². The molecule has 0 N–H and O–H groups in total. The molecule has 1 aliphatic rings. The first-order valence-corrected chi connectivity index (χ1v) is 7.14. The summed E-state index contributed by atoms with van der Waals surface area (Å²) in [5.74, 6) is 0.327. The Bertz CT molecular complexity index is 368. The molecular weight excluding hydrogens is 222 g/mol. The summed E-state index contributed by atoms with van der Waals surface area (Å²) in [4.78, 5) is 14.4. The van der Waals surface area contributed by atoms with E-state index < -0.39 is 0 Å². The highest BCUT2D eigenvalue weighted by Crippen LogP contribution is 2.24. The van der Waals surface area contributed by atoms with Gasteiger partial charge in [-0.2, -0.15) is 0 Å². The van der Waals surface area contributed by atoms with Gasteiger partial charge in [0, 0.05) is 19.0 Å². The fraction of sp³-hybridized carbons (Fsp3) is 0.562. The highest BCUT2D eigenvalue weighted by atomic mass is 16.2. The van der Waals surface area contributed by atoms with Gasteiger partial charge < -0.3 is 4.90 Å². The van der Waals surface area contributed by atoms with Crippen LogP contribution >= 0.6 is 0 Å². The van der Waals surface area contributed by atoms with Gasteiger partial charge >= 0.3 is 0 Å². The van der Waals surface area contributed by atoms with Crippen molar-refractivity contribution in [2.24, 2.45) is 0 Å². The summed E-state index contributed by atoms with van der Waals surface area (Å²) in [7, 11) is 0. The van der Waals surface area contributed by atoms with Gasteiger partial charge in [0.15, 0.2) is 0 Å². The van der Waals surface area contributed by atoms with Gasteiger partial charge in [-0.3, -0.25) is 4.79 Å². The van der Waals surface area contributed by atoms with Gasteiger partial charge in [-0.1, -0.05) is 43.2 Å². The van der Waals surface area contributed by atoms with Crippen LogP contribution in [0.15, 0.2) is 30.3 Å². The molecule has 2 rings (SSSR count). The predicted octanol–water partition coefficient (Wildman–Crippen LogP) is 3.41. The van der Waals surface area contributed by atoms with Crippen molar-refractivity contribution in [2.75, 3.05) is 6.54 Å². The summed E-state index contributed by atoms with van der Waals surface area (Å²) >= 11 is 0. The molecule has 1 fully saturated rings. The lowest BCUT2D eigenvalue weighted by Crippen LogP contribution is -2.38. The van der Waals surface area contributed by atoms with E-state index in [1.54, 1.807) is 0 Å². The second-order valence-electron chi connectivity index (χ2n) is 5.10. The lowest BCUT2D eigenvalue weighted by molar-refractivity contribution is -0.133. The molecular formula is C16H23NO. The van der Waals surface area contributed by atoms with E-state index in [0.29, 0.717) is 18.4 Å². The molecule has 98 valence electrons. The minimum atomic E-state index is 0.327. The molecule has 0 unspecified atom stereocenters. The maximum absolute atomic E-state index is 12.3. The van der Waals surface area contributed by atoms with Crippen LogP contribution in [0, 0.1) is 0 Å².